The zero-order valence-corrected chi connectivity index (χ0v) is 15.6. The fourth-order valence-electron chi connectivity index (χ4n) is 4.19. The van der Waals surface area contributed by atoms with Crippen LogP contribution in [0.15, 0.2) is 30.3 Å². The summed E-state index contributed by atoms with van der Waals surface area (Å²) in [5.74, 6) is 0.167. The Kier molecular flexibility index (Phi) is 4.92. The Balaban J connectivity index is 1.36. The molecule has 1 aromatic heterocycles. The van der Waals surface area contributed by atoms with Crippen LogP contribution >= 0.6 is 0 Å². The Morgan fingerprint density at radius 3 is 2.70 bits per heavy atom. The number of hydrogen-bond acceptors (Lipinski definition) is 4. The summed E-state index contributed by atoms with van der Waals surface area (Å²) in [6.45, 7) is 3.08. The van der Waals surface area contributed by atoms with Crippen LogP contribution < -0.4 is 5.32 Å². The van der Waals surface area contributed by atoms with E-state index in [2.05, 4.69) is 15.6 Å². The molecule has 1 aliphatic heterocycles. The quantitative estimate of drug-likeness (QED) is 0.878. The summed E-state index contributed by atoms with van der Waals surface area (Å²) in [7, 11) is 0. The molecule has 1 aromatic carbocycles. The van der Waals surface area contributed by atoms with Crippen molar-refractivity contribution in [1.29, 1.82) is 0 Å². The molecule has 27 heavy (non-hydrogen) atoms. The lowest BCUT2D eigenvalue weighted by Gasteiger charge is -2.24. The summed E-state index contributed by atoms with van der Waals surface area (Å²) < 4.78 is 1.66. The lowest BCUT2D eigenvalue weighted by molar-refractivity contribution is -0.129. The second-order valence-corrected chi connectivity index (χ2v) is 7.54. The highest BCUT2D eigenvalue weighted by Gasteiger charge is 2.35. The van der Waals surface area contributed by atoms with Crippen LogP contribution in [0.25, 0.3) is 5.69 Å². The number of nitrogens with one attached hydrogen (secondary N) is 1. The van der Waals surface area contributed by atoms with E-state index in [9.17, 15) is 9.59 Å². The van der Waals surface area contributed by atoms with Crippen molar-refractivity contribution in [3.63, 3.8) is 0 Å². The van der Waals surface area contributed by atoms with Gasteiger partial charge in [0, 0.05) is 31.5 Å². The number of nitrogens with zero attached hydrogens (tertiary/aromatic N) is 4. The molecule has 1 saturated carbocycles. The molecule has 142 valence electrons. The average Bonchev–Trinajstić information content (AvgIpc) is 3.40. The first-order chi connectivity index (χ1) is 13.1. The van der Waals surface area contributed by atoms with E-state index in [1.807, 2.05) is 42.2 Å². The fraction of sp³-hybridized carbons (Fsp3) is 0.500. The average molecular weight is 367 g/mol. The smallest absolute Gasteiger partial charge is 0.273 e. The molecule has 7 nitrogen and oxygen atoms in total. The van der Waals surface area contributed by atoms with Crippen molar-refractivity contribution in [2.45, 2.75) is 45.1 Å². The first-order valence-corrected chi connectivity index (χ1v) is 9.69. The standard InChI is InChI=1S/C20H25N5O2/c1-14-19(22-23-25(14)17-9-3-2-4-10-17)20(27)21-12-15-11-18(26)24(13-15)16-7-5-6-8-16/h2-4,9-10,15-16H,5-8,11-13H2,1H3,(H,21,27). The molecule has 2 heterocycles. The number of aromatic nitrogens is 3. The van der Waals surface area contributed by atoms with Crippen LogP contribution in [0.5, 0.6) is 0 Å². The maximum absolute atomic E-state index is 12.6. The molecule has 0 bridgehead atoms. The van der Waals surface area contributed by atoms with Crippen LogP contribution in [0.2, 0.25) is 0 Å². The van der Waals surface area contributed by atoms with E-state index in [1.54, 1.807) is 4.68 Å². The molecule has 1 aliphatic carbocycles. The number of para-hydroxylation sites is 1. The van der Waals surface area contributed by atoms with Gasteiger partial charge in [-0.05, 0) is 31.9 Å². The molecule has 1 atom stereocenters. The van der Waals surface area contributed by atoms with Gasteiger partial charge in [-0.15, -0.1) is 5.10 Å². The SMILES string of the molecule is Cc1c(C(=O)NCC2CC(=O)N(C3CCCC3)C2)nnn1-c1ccccc1. The summed E-state index contributed by atoms with van der Waals surface area (Å²) in [5.41, 5.74) is 1.90. The van der Waals surface area contributed by atoms with Gasteiger partial charge >= 0.3 is 0 Å². The van der Waals surface area contributed by atoms with Gasteiger partial charge in [0.2, 0.25) is 5.91 Å². The third kappa shape index (κ3) is 3.59. The molecule has 2 aromatic rings. The summed E-state index contributed by atoms with van der Waals surface area (Å²) >= 11 is 0. The number of carbonyl (C=O) groups excluding carboxylic acids is 2. The van der Waals surface area contributed by atoms with Crippen LogP contribution in [-0.2, 0) is 4.79 Å². The third-order valence-electron chi connectivity index (χ3n) is 5.67. The monoisotopic (exact) mass is 367 g/mol. The maximum atomic E-state index is 12.6. The third-order valence-corrected chi connectivity index (χ3v) is 5.67. The zero-order valence-electron chi connectivity index (χ0n) is 15.6. The van der Waals surface area contributed by atoms with Gasteiger partial charge in [-0.25, -0.2) is 4.68 Å². The predicted octanol–water partition coefficient (Wildman–Crippen LogP) is 2.10. The van der Waals surface area contributed by atoms with Gasteiger partial charge in [-0.1, -0.05) is 36.3 Å². The van der Waals surface area contributed by atoms with E-state index >= 15 is 0 Å². The van der Waals surface area contributed by atoms with Crippen LogP contribution in [-0.4, -0.2) is 50.8 Å². The molecule has 0 radical (unpaired) electrons. The van der Waals surface area contributed by atoms with E-state index in [0.29, 0.717) is 30.4 Å². The lowest BCUT2D eigenvalue weighted by atomic mass is 10.1. The Morgan fingerprint density at radius 1 is 1.22 bits per heavy atom. The van der Waals surface area contributed by atoms with Gasteiger partial charge < -0.3 is 10.2 Å². The Labute approximate surface area is 158 Å². The number of benzene rings is 1. The Bertz CT molecular complexity index is 826. The van der Waals surface area contributed by atoms with Gasteiger partial charge in [0.1, 0.15) is 0 Å². The van der Waals surface area contributed by atoms with E-state index in [-0.39, 0.29) is 17.7 Å². The molecule has 0 spiro atoms. The van der Waals surface area contributed by atoms with E-state index in [4.69, 9.17) is 0 Å². The van der Waals surface area contributed by atoms with Crippen LogP contribution in [0.3, 0.4) is 0 Å². The number of rotatable bonds is 5. The molecule has 1 N–H and O–H groups in total. The van der Waals surface area contributed by atoms with Gasteiger partial charge in [-0.2, -0.15) is 0 Å². The number of likely N-dealkylation sites (tertiary alicyclic amines) is 1. The second kappa shape index (κ2) is 7.50. The molecule has 1 saturated heterocycles. The minimum Gasteiger partial charge on any atom is -0.350 e. The van der Waals surface area contributed by atoms with Crippen molar-refractivity contribution < 1.29 is 9.59 Å². The number of hydrogen-bond donors (Lipinski definition) is 1. The molecule has 7 heteroatoms. The second-order valence-electron chi connectivity index (χ2n) is 7.54. The highest BCUT2D eigenvalue weighted by atomic mass is 16.2. The minimum absolute atomic E-state index is 0.173. The van der Waals surface area contributed by atoms with Crippen LogP contribution in [0.4, 0.5) is 0 Å². The van der Waals surface area contributed by atoms with Gasteiger partial charge in [-0.3, -0.25) is 9.59 Å². The maximum Gasteiger partial charge on any atom is 0.273 e. The van der Waals surface area contributed by atoms with E-state index in [1.165, 1.54) is 12.8 Å². The molecular weight excluding hydrogens is 342 g/mol. The van der Waals surface area contributed by atoms with Crippen molar-refractivity contribution in [3.8, 4) is 5.69 Å². The van der Waals surface area contributed by atoms with E-state index in [0.717, 1.165) is 25.1 Å². The largest absolute Gasteiger partial charge is 0.350 e. The highest BCUT2D eigenvalue weighted by Crippen LogP contribution is 2.29. The lowest BCUT2D eigenvalue weighted by Crippen LogP contribution is -2.36. The highest BCUT2D eigenvalue weighted by molar-refractivity contribution is 5.93. The molecule has 4 rings (SSSR count). The molecule has 2 fully saturated rings. The normalized spacial score (nSPS) is 20.4. The topological polar surface area (TPSA) is 80.1 Å². The minimum atomic E-state index is -0.235. The first-order valence-electron chi connectivity index (χ1n) is 9.69. The van der Waals surface area contributed by atoms with Crippen molar-refractivity contribution in [1.82, 2.24) is 25.2 Å². The predicted molar refractivity (Wildman–Crippen MR) is 101 cm³/mol. The molecule has 2 amide bonds. The molecule has 2 aliphatic rings. The Hall–Kier alpha value is -2.70. The molecular formula is C20H25N5O2. The van der Waals surface area contributed by atoms with Gasteiger partial charge in [0.15, 0.2) is 5.69 Å². The first kappa shape index (κ1) is 17.7. The van der Waals surface area contributed by atoms with Crippen LogP contribution in [0.1, 0.15) is 48.3 Å². The van der Waals surface area contributed by atoms with Crippen molar-refractivity contribution in [2.75, 3.05) is 13.1 Å². The fourth-order valence-corrected chi connectivity index (χ4v) is 4.19. The van der Waals surface area contributed by atoms with Gasteiger partial charge in [0.25, 0.3) is 5.91 Å². The Morgan fingerprint density at radius 2 is 1.96 bits per heavy atom. The van der Waals surface area contributed by atoms with Crippen molar-refractivity contribution in [2.24, 2.45) is 5.92 Å². The van der Waals surface area contributed by atoms with E-state index < -0.39 is 0 Å². The number of amides is 2. The number of carbonyl (C=O) groups is 2. The van der Waals surface area contributed by atoms with Crippen LogP contribution in [0, 0.1) is 12.8 Å². The molecule has 1 unspecified atom stereocenters. The summed E-state index contributed by atoms with van der Waals surface area (Å²) in [5, 5.41) is 11.1. The van der Waals surface area contributed by atoms with Gasteiger partial charge in [0.05, 0.1) is 11.4 Å². The zero-order chi connectivity index (χ0) is 18.8. The van der Waals surface area contributed by atoms with Crippen molar-refractivity contribution in [3.05, 3.63) is 41.7 Å². The van der Waals surface area contributed by atoms with Crippen molar-refractivity contribution >= 4 is 11.8 Å². The summed E-state index contributed by atoms with van der Waals surface area (Å²) in [6.07, 6.45) is 5.18. The summed E-state index contributed by atoms with van der Waals surface area (Å²) in [4.78, 5) is 26.9. The summed E-state index contributed by atoms with van der Waals surface area (Å²) in [6, 6.07) is 10.0.